The number of aliphatic hydroxyl groups is 1. The molecule has 1 fully saturated rings. The summed E-state index contributed by atoms with van der Waals surface area (Å²) in [7, 11) is -3.74. The number of halogens is 1. The zero-order valence-electron chi connectivity index (χ0n) is 8.48. The van der Waals surface area contributed by atoms with Crippen LogP contribution in [0.2, 0.25) is 0 Å². The van der Waals surface area contributed by atoms with Crippen LogP contribution in [0.15, 0.2) is 29.2 Å². The Labute approximate surface area is 93.2 Å². The highest BCUT2D eigenvalue weighted by Crippen LogP contribution is 2.36. The van der Waals surface area contributed by atoms with Gasteiger partial charge in [-0.25, -0.2) is 17.5 Å². The Morgan fingerprint density at radius 3 is 2.62 bits per heavy atom. The lowest BCUT2D eigenvalue weighted by Gasteiger charge is -2.14. The van der Waals surface area contributed by atoms with E-state index in [1.165, 1.54) is 18.2 Å². The van der Waals surface area contributed by atoms with E-state index in [9.17, 15) is 12.8 Å². The maximum absolute atomic E-state index is 12.9. The molecule has 0 aliphatic heterocycles. The van der Waals surface area contributed by atoms with Crippen LogP contribution in [0, 0.1) is 5.82 Å². The second kappa shape index (κ2) is 3.80. The van der Waals surface area contributed by atoms with Gasteiger partial charge in [-0.15, -0.1) is 0 Å². The molecule has 0 unspecified atom stereocenters. The van der Waals surface area contributed by atoms with Crippen molar-refractivity contribution in [2.75, 3.05) is 6.61 Å². The third-order valence-electron chi connectivity index (χ3n) is 2.61. The van der Waals surface area contributed by atoms with Gasteiger partial charge in [-0.1, -0.05) is 6.07 Å². The van der Waals surface area contributed by atoms with Gasteiger partial charge >= 0.3 is 0 Å². The predicted octanol–water partition coefficient (Wildman–Crippen LogP) is 0.629. The summed E-state index contributed by atoms with van der Waals surface area (Å²) in [6.45, 7) is -0.235. The van der Waals surface area contributed by atoms with E-state index in [2.05, 4.69) is 4.72 Å². The van der Waals surface area contributed by atoms with Gasteiger partial charge < -0.3 is 5.11 Å². The van der Waals surface area contributed by atoms with Crippen LogP contribution in [-0.4, -0.2) is 25.7 Å². The first-order chi connectivity index (χ1) is 7.47. The molecule has 1 aromatic carbocycles. The van der Waals surface area contributed by atoms with E-state index >= 15 is 0 Å². The molecule has 0 bridgehead atoms. The summed E-state index contributed by atoms with van der Waals surface area (Å²) in [6, 6.07) is 4.79. The van der Waals surface area contributed by atoms with Gasteiger partial charge in [0.2, 0.25) is 10.0 Å². The maximum atomic E-state index is 12.9. The van der Waals surface area contributed by atoms with Gasteiger partial charge in [-0.3, -0.25) is 0 Å². The summed E-state index contributed by atoms with van der Waals surface area (Å²) in [6.07, 6.45) is 1.22. The molecule has 16 heavy (non-hydrogen) atoms. The molecule has 1 saturated carbocycles. The third kappa shape index (κ3) is 2.23. The van der Waals surface area contributed by atoms with E-state index in [1.807, 2.05) is 0 Å². The molecule has 1 aliphatic rings. The van der Waals surface area contributed by atoms with Crippen molar-refractivity contribution in [2.45, 2.75) is 23.3 Å². The van der Waals surface area contributed by atoms with Gasteiger partial charge in [0.05, 0.1) is 17.0 Å². The van der Waals surface area contributed by atoms with Gasteiger partial charge in [0.25, 0.3) is 0 Å². The molecule has 1 aliphatic carbocycles. The normalized spacial score (nSPS) is 18.4. The largest absolute Gasteiger partial charge is 0.394 e. The molecule has 0 spiro atoms. The zero-order chi connectivity index (χ0) is 11.8. The standard InChI is InChI=1S/C10H12FNO3S/c11-8-2-1-3-9(6-8)16(14,15)12-10(7-13)4-5-10/h1-3,6,12-13H,4-5,7H2. The smallest absolute Gasteiger partial charge is 0.241 e. The predicted molar refractivity (Wildman–Crippen MR) is 55.8 cm³/mol. The minimum atomic E-state index is -3.74. The highest BCUT2D eigenvalue weighted by molar-refractivity contribution is 7.89. The summed E-state index contributed by atoms with van der Waals surface area (Å²) in [4.78, 5) is -0.118. The molecule has 0 atom stereocenters. The van der Waals surface area contributed by atoms with Crippen LogP contribution < -0.4 is 4.72 Å². The quantitative estimate of drug-likeness (QED) is 0.817. The number of benzene rings is 1. The van der Waals surface area contributed by atoms with E-state index in [4.69, 9.17) is 5.11 Å². The van der Waals surface area contributed by atoms with Gasteiger partial charge in [-0.05, 0) is 31.0 Å². The molecular weight excluding hydrogens is 233 g/mol. The van der Waals surface area contributed by atoms with Crippen LogP contribution in [0.25, 0.3) is 0 Å². The molecule has 4 nitrogen and oxygen atoms in total. The van der Waals surface area contributed by atoms with Crippen LogP contribution in [0.1, 0.15) is 12.8 Å². The highest BCUT2D eigenvalue weighted by Gasteiger charge is 2.45. The van der Waals surface area contributed by atoms with Crippen molar-refractivity contribution in [1.82, 2.24) is 4.72 Å². The fourth-order valence-corrected chi connectivity index (χ4v) is 2.90. The molecule has 6 heteroatoms. The molecule has 0 amide bonds. The number of nitrogens with one attached hydrogen (secondary N) is 1. The topological polar surface area (TPSA) is 66.4 Å². The van der Waals surface area contributed by atoms with Crippen LogP contribution in [-0.2, 0) is 10.0 Å². The van der Waals surface area contributed by atoms with Crippen molar-refractivity contribution >= 4 is 10.0 Å². The van der Waals surface area contributed by atoms with Gasteiger partial charge in [-0.2, -0.15) is 0 Å². The first-order valence-electron chi connectivity index (χ1n) is 4.88. The van der Waals surface area contributed by atoms with Crippen molar-refractivity contribution in [3.63, 3.8) is 0 Å². The van der Waals surface area contributed by atoms with E-state index in [-0.39, 0.29) is 11.5 Å². The Bertz CT molecular complexity index is 497. The minimum absolute atomic E-state index is 0.118. The summed E-state index contributed by atoms with van der Waals surface area (Å²) in [5.41, 5.74) is -0.731. The van der Waals surface area contributed by atoms with Crippen LogP contribution in [0.3, 0.4) is 0 Å². The van der Waals surface area contributed by atoms with E-state index in [0.29, 0.717) is 12.8 Å². The minimum Gasteiger partial charge on any atom is -0.394 e. The summed E-state index contributed by atoms with van der Waals surface area (Å²) in [5.74, 6) is -0.600. The molecular formula is C10H12FNO3S. The van der Waals surface area contributed by atoms with Crippen LogP contribution in [0.5, 0.6) is 0 Å². The fourth-order valence-electron chi connectivity index (χ4n) is 1.42. The number of hydrogen-bond acceptors (Lipinski definition) is 3. The molecule has 1 aromatic rings. The van der Waals surface area contributed by atoms with E-state index < -0.39 is 21.4 Å². The van der Waals surface area contributed by atoms with Crippen molar-refractivity contribution in [3.05, 3.63) is 30.1 Å². The Morgan fingerprint density at radius 2 is 2.12 bits per heavy atom. The monoisotopic (exact) mass is 245 g/mol. The Kier molecular flexibility index (Phi) is 2.73. The molecule has 2 rings (SSSR count). The Morgan fingerprint density at radius 1 is 1.44 bits per heavy atom. The first kappa shape index (κ1) is 11.5. The second-order valence-electron chi connectivity index (χ2n) is 4.00. The zero-order valence-corrected chi connectivity index (χ0v) is 9.30. The lowest BCUT2D eigenvalue weighted by atomic mass is 10.3. The lowest BCUT2D eigenvalue weighted by Crippen LogP contribution is -2.39. The molecule has 88 valence electrons. The van der Waals surface area contributed by atoms with Crippen molar-refractivity contribution in [3.8, 4) is 0 Å². The SMILES string of the molecule is O=S(=O)(NC1(CO)CC1)c1cccc(F)c1. The van der Waals surface area contributed by atoms with Crippen LogP contribution in [0.4, 0.5) is 4.39 Å². The van der Waals surface area contributed by atoms with Crippen LogP contribution >= 0.6 is 0 Å². The Hall–Kier alpha value is -0.980. The van der Waals surface area contributed by atoms with Crippen molar-refractivity contribution in [2.24, 2.45) is 0 Å². The highest BCUT2D eigenvalue weighted by atomic mass is 32.2. The third-order valence-corrected chi connectivity index (χ3v) is 4.19. The average molecular weight is 245 g/mol. The molecule has 0 radical (unpaired) electrons. The fraction of sp³-hybridized carbons (Fsp3) is 0.400. The number of rotatable bonds is 4. The lowest BCUT2D eigenvalue weighted by molar-refractivity contribution is 0.246. The van der Waals surface area contributed by atoms with Crippen molar-refractivity contribution in [1.29, 1.82) is 0 Å². The number of aliphatic hydroxyl groups excluding tert-OH is 1. The van der Waals surface area contributed by atoms with Gasteiger partial charge in [0.1, 0.15) is 5.82 Å². The Balaban J connectivity index is 2.26. The average Bonchev–Trinajstić information content (AvgIpc) is 2.98. The molecule has 0 saturated heterocycles. The molecule has 0 aromatic heterocycles. The van der Waals surface area contributed by atoms with Gasteiger partial charge in [0, 0.05) is 0 Å². The van der Waals surface area contributed by atoms with Gasteiger partial charge in [0.15, 0.2) is 0 Å². The van der Waals surface area contributed by atoms with Crippen molar-refractivity contribution < 1.29 is 17.9 Å². The first-order valence-corrected chi connectivity index (χ1v) is 6.36. The molecule has 0 heterocycles. The molecule has 2 N–H and O–H groups in total. The number of hydrogen-bond donors (Lipinski definition) is 2. The summed E-state index contributed by atoms with van der Waals surface area (Å²) < 4.78 is 38.9. The summed E-state index contributed by atoms with van der Waals surface area (Å²) in [5, 5.41) is 9.02. The van der Waals surface area contributed by atoms with E-state index in [1.54, 1.807) is 0 Å². The van der Waals surface area contributed by atoms with E-state index in [0.717, 1.165) is 6.07 Å². The maximum Gasteiger partial charge on any atom is 0.241 e. The second-order valence-corrected chi connectivity index (χ2v) is 5.68. The number of sulfonamides is 1. The summed E-state index contributed by atoms with van der Waals surface area (Å²) >= 11 is 0.